The van der Waals surface area contributed by atoms with E-state index in [0.29, 0.717) is 0 Å². The summed E-state index contributed by atoms with van der Waals surface area (Å²) in [7, 11) is 0. The van der Waals surface area contributed by atoms with E-state index in [1.54, 1.807) is 0 Å². The first-order valence-electron chi connectivity index (χ1n) is 6.62. The van der Waals surface area contributed by atoms with Crippen LogP contribution in [0.2, 0.25) is 0 Å². The van der Waals surface area contributed by atoms with Gasteiger partial charge in [0.25, 0.3) is 0 Å². The van der Waals surface area contributed by atoms with E-state index in [4.69, 9.17) is 4.74 Å². The molecule has 2 heteroatoms. The van der Waals surface area contributed by atoms with Crippen molar-refractivity contribution in [3.05, 3.63) is 29.8 Å². The normalized spacial score (nSPS) is 24.9. The van der Waals surface area contributed by atoms with Crippen LogP contribution in [-0.2, 0) is 0 Å². The third-order valence-electron chi connectivity index (χ3n) is 3.41. The van der Waals surface area contributed by atoms with Crippen LogP contribution in [0.4, 0.5) is 0 Å². The van der Waals surface area contributed by atoms with Crippen molar-refractivity contribution in [2.24, 2.45) is 0 Å². The summed E-state index contributed by atoms with van der Waals surface area (Å²) in [5.41, 5.74) is 1.17. The van der Waals surface area contributed by atoms with Gasteiger partial charge in [-0.15, -0.1) is 0 Å². The molecule has 0 bridgehead atoms. The molecule has 1 fully saturated rings. The van der Waals surface area contributed by atoms with E-state index in [1.165, 1.54) is 12.0 Å². The number of aliphatic hydroxyl groups is 1. The van der Waals surface area contributed by atoms with Gasteiger partial charge in [0.2, 0.25) is 0 Å². The first kappa shape index (κ1) is 12.4. The van der Waals surface area contributed by atoms with Gasteiger partial charge in [-0.2, -0.15) is 0 Å². The van der Waals surface area contributed by atoms with Crippen molar-refractivity contribution in [3.63, 3.8) is 0 Å². The van der Waals surface area contributed by atoms with Crippen LogP contribution < -0.4 is 4.74 Å². The summed E-state index contributed by atoms with van der Waals surface area (Å²) in [6.45, 7) is 4.07. The summed E-state index contributed by atoms with van der Waals surface area (Å²) in [5.74, 6) is 1.19. The lowest BCUT2D eigenvalue weighted by molar-refractivity contribution is 0.103. The van der Waals surface area contributed by atoms with Gasteiger partial charge in [0.1, 0.15) is 5.75 Å². The van der Waals surface area contributed by atoms with Crippen LogP contribution in [0.25, 0.3) is 0 Å². The molecule has 1 saturated carbocycles. The molecule has 17 heavy (non-hydrogen) atoms. The second-order valence-electron chi connectivity index (χ2n) is 5.16. The minimum Gasteiger partial charge on any atom is -0.491 e. The lowest BCUT2D eigenvalue weighted by Gasteiger charge is -2.29. The predicted molar refractivity (Wildman–Crippen MR) is 69.4 cm³/mol. The van der Waals surface area contributed by atoms with E-state index in [1.807, 2.05) is 32.0 Å². The molecule has 1 aliphatic carbocycles. The van der Waals surface area contributed by atoms with Crippen molar-refractivity contribution in [1.82, 2.24) is 0 Å². The second-order valence-corrected chi connectivity index (χ2v) is 5.16. The fraction of sp³-hybridized carbons (Fsp3) is 0.600. The molecule has 1 aliphatic rings. The van der Waals surface area contributed by atoms with Crippen molar-refractivity contribution >= 4 is 0 Å². The predicted octanol–water partition coefficient (Wildman–Crippen LogP) is 3.49. The number of aliphatic hydroxyl groups excluding tert-OH is 1. The highest BCUT2D eigenvalue weighted by atomic mass is 16.5. The highest BCUT2D eigenvalue weighted by molar-refractivity contribution is 5.37. The highest BCUT2D eigenvalue weighted by Crippen LogP contribution is 2.37. The van der Waals surface area contributed by atoms with Gasteiger partial charge in [-0.25, -0.2) is 0 Å². The van der Waals surface area contributed by atoms with E-state index >= 15 is 0 Å². The molecule has 1 N–H and O–H groups in total. The van der Waals surface area contributed by atoms with E-state index in [9.17, 15) is 5.11 Å². The number of hydrogen-bond acceptors (Lipinski definition) is 2. The average molecular weight is 234 g/mol. The Bertz CT molecular complexity index is 360. The Labute approximate surface area is 104 Å². The fourth-order valence-electron chi connectivity index (χ4n) is 2.62. The topological polar surface area (TPSA) is 29.5 Å². The largest absolute Gasteiger partial charge is 0.491 e. The van der Waals surface area contributed by atoms with Gasteiger partial charge in [0, 0.05) is 5.92 Å². The molecule has 1 aromatic rings. The highest BCUT2D eigenvalue weighted by Gasteiger charge is 2.26. The summed E-state index contributed by atoms with van der Waals surface area (Å²) in [4.78, 5) is 0. The molecule has 0 aliphatic heterocycles. The standard InChI is InChI=1S/C15H22O2/c1-11(2)17-15-10-6-4-8-13(15)12-7-3-5-9-14(12)16/h4,6,8,10-12,14,16H,3,5,7,9H2,1-2H3/t12-,14+/m1/s1. The zero-order valence-corrected chi connectivity index (χ0v) is 10.7. The summed E-state index contributed by atoms with van der Waals surface area (Å²) in [6.07, 6.45) is 4.31. The van der Waals surface area contributed by atoms with Crippen LogP contribution in [0.5, 0.6) is 5.75 Å². The van der Waals surface area contributed by atoms with Crippen LogP contribution in [-0.4, -0.2) is 17.3 Å². The first-order chi connectivity index (χ1) is 8.18. The van der Waals surface area contributed by atoms with Gasteiger partial charge in [-0.1, -0.05) is 31.0 Å². The van der Waals surface area contributed by atoms with Crippen LogP contribution in [0.15, 0.2) is 24.3 Å². The second kappa shape index (κ2) is 5.54. The third-order valence-corrected chi connectivity index (χ3v) is 3.41. The van der Waals surface area contributed by atoms with Crippen LogP contribution in [0, 0.1) is 0 Å². The van der Waals surface area contributed by atoms with Crippen LogP contribution in [0.1, 0.15) is 51.0 Å². The molecule has 0 aromatic heterocycles. The molecule has 1 aromatic carbocycles. The van der Waals surface area contributed by atoms with Crippen LogP contribution in [0.3, 0.4) is 0 Å². The minimum absolute atomic E-state index is 0.178. The monoisotopic (exact) mass is 234 g/mol. The molecule has 2 atom stereocenters. The maximum absolute atomic E-state index is 10.1. The Morgan fingerprint density at radius 1 is 1.18 bits per heavy atom. The van der Waals surface area contributed by atoms with Crippen molar-refractivity contribution in [3.8, 4) is 5.75 Å². The number of rotatable bonds is 3. The molecule has 2 nitrogen and oxygen atoms in total. The molecule has 0 unspecified atom stereocenters. The lowest BCUT2D eigenvalue weighted by atomic mass is 9.81. The molecule has 2 rings (SSSR count). The molecule has 0 saturated heterocycles. The molecule has 94 valence electrons. The third kappa shape index (κ3) is 3.01. The molecule has 0 heterocycles. The Morgan fingerprint density at radius 3 is 2.59 bits per heavy atom. The number of benzene rings is 1. The van der Waals surface area contributed by atoms with Gasteiger partial charge in [-0.3, -0.25) is 0 Å². The zero-order chi connectivity index (χ0) is 12.3. The smallest absolute Gasteiger partial charge is 0.123 e. The Kier molecular flexibility index (Phi) is 4.06. The summed E-state index contributed by atoms with van der Waals surface area (Å²) >= 11 is 0. The SMILES string of the molecule is CC(C)Oc1ccccc1[C@H]1CCCC[C@@H]1O. The van der Waals surface area contributed by atoms with Crippen LogP contribution >= 0.6 is 0 Å². The number of para-hydroxylation sites is 1. The van der Waals surface area contributed by atoms with Gasteiger partial charge in [-0.05, 0) is 38.3 Å². The Hall–Kier alpha value is -1.02. The van der Waals surface area contributed by atoms with Crippen molar-refractivity contribution < 1.29 is 9.84 Å². The quantitative estimate of drug-likeness (QED) is 0.867. The molecule has 0 spiro atoms. The van der Waals surface area contributed by atoms with E-state index in [2.05, 4.69) is 6.07 Å². The molecule has 0 amide bonds. The molecular weight excluding hydrogens is 212 g/mol. The molecular formula is C15H22O2. The van der Waals surface area contributed by atoms with E-state index < -0.39 is 0 Å². The van der Waals surface area contributed by atoms with Gasteiger partial charge in [0.05, 0.1) is 12.2 Å². The number of ether oxygens (including phenoxy) is 1. The average Bonchev–Trinajstić information content (AvgIpc) is 2.30. The van der Waals surface area contributed by atoms with E-state index in [0.717, 1.165) is 25.0 Å². The van der Waals surface area contributed by atoms with E-state index in [-0.39, 0.29) is 18.1 Å². The lowest BCUT2D eigenvalue weighted by Crippen LogP contribution is -2.23. The fourth-order valence-corrected chi connectivity index (χ4v) is 2.62. The maximum atomic E-state index is 10.1. The maximum Gasteiger partial charge on any atom is 0.123 e. The summed E-state index contributed by atoms with van der Waals surface area (Å²) in [6, 6.07) is 8.13. The van der Waals surface area contributed by atoms with Crippen molar-refractivity contribution in [1.29, 1.82) is 0 Å². The first-order valence-corrected chi connectivity index (χ1v) is 6.62. The molecule has 0 radical (unpaired) electrons. The Balaban J connectivity index is 2.23. The van der Waals surface area contributed by atoms with Crippen molar-refractivity contribution in [2.45, 2.75) is 57.7 Å². The minimum atomic E-state index is -0.208. The van der Waals surface area contributed by atoms with Gasteiger partial charge >= 0.3 is 0 Å². The van der Waals surface area contributed by atoms with Gasteiger partial charge in [0.15, 0.2) is 0 Å². The number of hydrogen-bond donors (Lipinski definition) is 1. The summed E-state index contributed by atoms with van der Waals surface area (Å²) in [5, 5.41) is 10.1. The summed E-state index contributed by atoms with van der Waals surface area (Å²) < 4.78 is 5.84. The van der Waals surface area contributed by atoms with Gasteiger partial charge < -0.3 is 9.84 Å². The Morgan fingerprint density at radius 2 is 1.88 bits per heavy atom. The zero-order valence-electron chi connectivity index (χ0n) is 10.7. The van der Waals surface area contributed by atoms with Crippen molar-refractivity contribution in [2.75, 3.05) is 0 Å².